The highest BCUT2D eigenvalue weighted by molar-refractivity contribution is 5.89. The molecule has 0 aromatic heterocycles. The maximum absolute atomic E-state index is 13.3. The van der Waals surface area contributed by atoms with Crippen molar-refractivity contribution in [2.24, 2.45) is 47.3 Å². The van der Waals surface area contributed by atoms with Crippen LogP contribution in [0.5, 0.6) is 46.0 Å². The lowest BCUT2D eigenvalue weighted by atomic mass is 9.85. The van der Waals surface area contributed by atoms with Gasteiger partial charge in [0.1, 0.15) is 69.1 Å². The lowest BCUT2D eigenvalue weighted by Gasteiger charge is -2.20. The van der Waals surface area contributed by atoms with Crippen molar-refractivity contribution in [3.05, 3.63) is 239 Å². The van der Waals surface area contributed by atoms with Gasteiger partial charge in [-0.2, -0.15) is 0 Å². The van der Waals surface area contributed by atoms with Crippen molar-refractivity contribution in [2.75, 3.05) is 79.3 Å². The fraction of sp³-hybridized carbons (Fsp3) is 0.500. The third-order valence-corrected chi connectivity index (χ3v) is 22.4. The Balaban J connectivity index is 0.000000311. The summed E-state index contributed by atoms with van der Waals surface area (Å²) in [5.41, 5.74) is 8.36. The molecule has 0 fully saturated rings. The topological polar surface area (TPSA) is 247 Å². The van der Waals surface area contributed by atoms with Gasteiger partial charge in [0.25, 0.3) is 0 Å². The quantitative estimate of drug-likeness (QED) is 0.0254. The maximum Gasteiger partial charge on any atom is 0.309 e. The molecule has 20 nitrogen and oxygen atoms in total. The number of benzene rings is 8. The van der Waals surface area contributed by atoms with Crippen LogP contribution in [-0.4, -0.2) is 126 Å². The summed E-state index contributed by atoms with van der Waals surface area (Å²) >= 11 is 0. The second-order valence-electron chi connectivity index (χ2n) is 32.7. The molecule has 132 heavy (non-hydrogen) atoms. The molecular formula is C112H152O20. The van der Waals surface area contributed by atoms with Gasteiger partial charge in [-0.25, -0.2) is 0 Å². The van der Waals surface area contributed by atoms with Crippen LogP contribution >= 0.6 is 0 Å². The van der Waals surface area contributed by atoms with Crippen molar-refractivity contribution >= 4 is 47.0 Å². The number of rotatable bonds is 60. The van der Waals surface area contributed by atoms with E-state index >= 15 is 0 Å². The molecule has 0 amide bonds. The van der Waals surface area contributed by atoms with Crippen molar-refractivity contribution in [2.45, 2.75) is 239 Å². The molecule has 8 aromatic carbocycles. The van der Waals surface area contributed by atoms with Gasteiger partial charge in [0.15, 0.2) is 0 Å². The highest BCUT2D eigenvalue weighted by atomic mass is 16.5. The first-order valence-corrected chi connectivity index (χ1v) is 48.5. The Labute approximate surface area is 788 Å². The number of Topliss-reactive ketones (excluding diaryl/α,β-unsaturated/α-hetero) is 4. The average Bonchev–Trinajstić information content (AvgIpc) is 0.863. The molecule has 0 N–H and O–H groups in total. The highest BCUT2D eigenvalue weighted by Gasteiger charge is 2.33. The van der Waals surface area contributed by atoms with Crippen LogP contribution in [0.2, 0.25) is 0 Å². The van der Waals surface area contributed by atoms with E-state index in [1.165, 1.54) is 0 Å². The van der Waals surface area contributed by atoms with Gasteiger partial charge in [-0.15, -0.1) is 0 Å². The second kappa shape index (κ2) is 65.3. The van der Waals surface area contributed by atoms with E-state index in [1.807, 2.05) is 250 Å². The Morgan fingerprint density at radius 2 is 0.295 bits per heavy atom. The van der Waals surface area contributed by atoms with Crippen LogP contribution in [-0.2, 0) is 109 Å². The van der Waals surface area contributed by atoms with E-state index in [-0.39, 0.29) is 96.4 Å². The van der Waals surface area contributed by atoms with E-state index in [1.54, 1.807) is 27.7 Å². The molecule has 720 valence electrons. The van der Waals surface area contributed by atoms with Gasteiger partial charge in [0.2, 0.25) is 0 Å². The highest BCUT2D eigenvalue weighted by Crippen LogP contribution is 2.32. The molecule has 0 saturated heterocycles. The van der Waals surface area contributed by atoms with Crippen LogP contribution in [0.15, 0.2) is 194 Å². The van der Waals surface area contributed by atoms with Gasteiger partial charge < -0.3 is 56.8 Å². The first-order valence-electron chi connectivity index (χ1n) is 48.5. The molecule has 8 atom stereocenters. The van der Waals surface area contributed by atoms with Crippen molar-refractivity contribution in [3.8, 4) is 46.0 Å². The zero-order chi connectivity index (χ0) is 96.2. The monoisotopic (exact) mass is 1820 g/mol. The maximum atomic E-state index is 13.3. The van der Waals surface area contributed by atoms with Gasteiger partial charge in [0, 0.05) is 49.4 Å². The smallest absolute Gasteiger partial charge is 0.309 e. The van der Waals surface area contributed by atoms with Crippen LogP contribution in [0.3, 0.4) is 0 Å². The van der Waals surface area contributed by atoms with Crippen LogP contribution in [0.25, 0.3) is 0 Å². The zero-order valence-electron chi connectivity index (χ0n) is 81.9. The Bertz CT molecular complexity index is 3950. The zero-order valence-corrected chi connectivity index (χ0v) is 81.9. The lowest BCUT2D eigenvalue weighted by molar-refractivity contribution is -0.150. The Kier molecular flexibility index (Phi) is 55.0. The largest absolute Gasteiger partial charge is 0.494 e. The van der Waals surface area contributed by atoms with Gasteiger partial charge in [0.05, 0.1) is 103 Å². The number of esters is 4. The van der Waals surface area contributed by atoms with E-state index in [4.69, 9.17) is 56.8 Å². The molecule has 0 unspecified atom stereocenters. The van der Waals surface area contributed by atoms with Crippen LogP contribution in [0.1, 0.15) is 232 Å². The summed E-state index contributed by atoms with van der Waals surface area (Å²) in [6.45, 7) is 37.2. The molecule has 0 aliphatic carbocycles. The second-order valence-corrected chi connectivity index (χ2v) is 32.7. The van der Waals surface area contributed by atoms with Gasteiger partial charge in [-0.1, -0.05) is 150 Å². The molecule has 0 aliphatic rings. The molecule has 0 saturated carbocycles. The summed E-state index contributed by atoms with van der Waals surface area (Å²) < 4.78 is 65.3. The normalized spacial score (nSPS) is 12.6. The van der Waals surface area contributed by atoms with Crippen LogP contribution in [0.4, 0.5) is 0 Å². The van der Waals surface area contributed by atoms with E-state index < -0.39 is 23.7 Å². The molecule has 0 spiro atoms. The summed E-state index contributed by atoms with van der Waals surface area (Å²) in [4.78, 5) is 104. The molecule has 0 bridgehead atoms. The molecule has 0 heterocycles. The predicted molar refractivity (Wildman–Crippen MR) is 523 cm³/mol. The summed E-state index contributed by atoms with van der Waals surface area (Å²) in [5.74, 6) is 3.30. The fourth-order valence-electron chi connectivity index (χ4n) is 15.9. The van der Waals surface area contributed by atoms with E-state index in [2.05, 4.69) is 27.7 Å². The van der Waals surface area contributed by atoms with Crippen molar-refractivity contribution in [3.63, 3.8) is 0 Å². The predicted octanol–water partition coefficient (Wildman–Crippen LogP) is 23.3. The fourth-order valence-corrected chi connectivity index (χ4v) is 15.9. The minimum absolute atomic E-state index is 0.120. The van der Waals surface area contributed by atoms with E-state index in [0.29, 0.717) is 131 Å². The summed E-state index contributed by atoms with van der Waals surface area (Å²) in [7, 11) is 0. The van der Waals surface area contributed by atoms with Gasteiger partial charge in [-0.05, 0) is 302 Å². The van der Waals surface area contributed by atoms with Crippen LogP contribution in [0, 0.1) is 47.3 Å². The number of carbonyl (C=O) groups is 8. The summed E-state index contributed by atoms with van der Waals surface area (Å²) in [6.07, 6.45) is 12.1. The third-order valence-electron chi connectivity index (χ3n) is 22.4. The number of ketones is 4. The average molecular weight is 1820 g/mol. The molecule has 8 rings (SSSR count). The van der Waals surface area contributed by atoms with Crippen molar-refractivity contribution in [1.82, 2.24) is 0 Å². The van der Waals surface area contributed by atoms with Gasteiger partial charge in [-0.3, -0.25) is 38.4 Å². The molecule has 0 radical (unpaired) electrons. The summed E-state index contributed by atoms with van der Waals surface area (Å²) in [6, 6.07) is 62.5. The van der Waals surface area contributed by atoms with Crippen LogP contribution < -0.4 is 37.9 Å². The van der Waals surface area contributed by atoms with E-state index in [9.17, 15) is 38.4 Å². The minimum atomic E-state index is -0.491. The van der Waals surface area contributed by atoms with E-state index in [0.717, 1.165) is 142 Å². The minimum Gasteiger partial charge on any atom is -0.494 e. The molecule has 0 aliphatic heterocycles. The van der Waals surface area contributed by atoms with Crippen molar-refractivity contribution in [1.29, 1.82) is 0 Å². The van der Waals surface area contributed by atoms with Gasteiger partial charge >= 0.3 is 23.9 Å². The molecular weight excluding hydrogens is 1670 g/mol. The summed E-state index contributed by atoms with van der Waals surface area (Å²) in [5, 5.41) is 0. The number of hydrogen-bond donors (Lipinski definition) is 0. The SMILES string of the molecule is CCC[C@@H](Cc1ccc(OCC)cc1)C(=O)C[C@@H](Cc1ccc(OCC)cc1)C(=O)OCC.CCC[C@@H](Cc1ccc(OCC)cc1)C(=O)C[C@@H](Cc1ccc(OCC)cc1)C(=O)OCC.CCC[C@@H](Cc1ccc(OCC)cc1)C(=O)C[C@@H](Cc1ccc(OCC)cc1)C(=O)OCC.CCC[C@@H](Cc1ccc(OCC)cc1)C(=O)C[C@@H](Cc1ccc(OCC)cc1)C(=O)OCC. The number of ether oxygens (including phenoxy) is 12. The first kappa shape index (κ1) is 111. The molecule has 8 aromatic rings. The Hall–Kier alpha value is -11.3. The first-order chi connectivity index (χ1) is 64.0. The standard InChI is InChI=1S/4C28H38O5/c4*1-5-9-23(18-21-10-14-25(15-11-21)31-6-2)27(29)20-24(28(30)33-8-4)19-22-12-16-26(17-13-22)32-7-3/h4*10-17,23-24H,5-9,18-20H2,1-4H3/t4*23-,24+/m0000/s1. The third kappa shape index (κ3) is 42.5. The Morgan fingerprint density at radius 3 is 0.402 bits per heavy atom. The van der Waals surface area contributed by atoms with Crippen molar-refractivity contribution < 1.29 is 95.2 Å². The Morgan fingerprint density at radius 1 is 0.174 bits per heavy atom. The molecule has 20 heteroatoms. The lowest BCUT2D eigenvalue weighted by Crippen LogP contribution is -2.27. The number of hydrogen-bond acceptors (Lipinski definition) is 20. The number of carbonyl (C=O) groups excluding carboxylic acids is 8.